The quantitative estimate of drug-likeness (QED) is 0.651. The first-order valence-corrected chi connectivity index (χ1v) is 7.93. The molecule has 19 heavy (non-hydrogen) atoms. The molecule has 0 fully saturated rings. The Bertz CT molecular complexity index is 559. The van der Waals surface area contributed by atoms with Crippen LogP contribution in [-0.4, -0.2) is 4.98 Å². The van der Waals surface area contributed by atoms with Crippen LogP contribution in [0.5, 0.6) is 5.75 Å². The van der Waals surface area contributed by atoms with Crippen LogP contribution in [0.25, 0.3) is 0 Å². The first-order valence-electron chi connectivity index (χ1n) is 5.76. The number of halogens is 3. The Morgan fingerprint density at radius 1 is 1.37 bits per heavy atom. The molecule has 1 aromatic heterocycles. The molecule has 1 aromatic carbocycles. The summed E-state index contributed by atoms with van der Waals surface area (Å²) < 4.78 is 5.91. The number of alkyl halides is 1. The van der Waals surface area contributed by atoms with Crippen molar-refractivity contribution >= 4 is 46.1 Å². The maximum Gasteiger partial charge on any atom is 0.150 e. The lowest BCUT2D eigenvalue weighted by atomic mass is 10.2. The van der Waals surface area contributed by atoms with Crippen molar-refractivity contribution in [2.24, 2.45) is 0 Å². The molecule has 2 aromatic rings. The van der Waals surface area contributed by atoms with Crippen molar-refractivity contribution in [1.82, 2.24) is 4.98 Å². The van der Waals surface area contributed by atoms with Gasteiger partial charge in [0.05, 0.1) is 16.6 Å². The number of nitrogens with zero attached hydrogens (tertiary/aromatic N) is 1. The van der Waals surface area contributed by atoms with E-state index in [1.807, 2.05) is 12.3 Å². The van der Waals surface area contributed by atoms with Gasteiger partial charge in [0, 0.05) is 16.5 Å². The van der Waals surface area contributed by atoms with Gasteiger partial charge in [-0.25, -0.2) is 4.98 Å². The monoisotopic (exact) mass is 335 g/mol. The second kappa shape index (κ2) is 6.80. The summed E-state index contributed by atoms with van der Waals surface area (Å²) in [4.78, 5) is 4.43. The van der Waals surface area contributed by atoms with Crippen molar-refractivity contribution in [1.29, 1.82) is 0 Å². The second-order valence-corrected chi connectivity index (χ2v) is 5.90. The highest BCUT2D eigenvalue weighted by atomic mass is 35.5. The van der Waals surface area contributed by atoms with Gasteiger partial charge < -0.3 is 4.74 Å². The van der Waals surface area contributed by atoms with Gasteiger partial charge in [-0.15, -0.1) is 22.9 Å². The molecule has 0 saturated carbocycles. The zero-order valence-electron chi connectivity index (χ0n) is 10.2. The molecular weight excluding hydrogens is 325 g/mol. The van der Waals surface area contributed by atoms with Crippen molar-refractivity contribution in [2.45, 2.75) is 25.3 Å². The topological polar surface area (TPSA) is 22.1 Å². The molecule has 0 amide bonds. The Kier molecular flexibility index (Phi) is 5.34. The molecule has 0 aliphatic carbocycles. The second-order valence-electron chi connectivity index (χ2n) is 3.90. The van der Waals surface area contributed by atoms with Crippen molar-refractivity contribution in [3.63, 3.8) is 0 Å². The molecule has 0 saturated heterocycles. The van der Waals surface area contributed by atoms with E-state index in [9.17, 15) is 0 Å². The lowest BCUT2D eigenvalue weighted by Crippen LogP contribution is -2.06. The fourth-order valence-corrected chi connectivity index (χ4v) is 3.04. The predicted octanol–water partition coefficient (Wildman–Crippen LogP) is 5.72. The Hall–Kier alpha value is -0.480. The van der Waals surface area contributed by atoms with E-state index >= 15 is 0 Å². The van der Waals surface area contributed by atoms with Crippen LogP contribution in [0.1, 0.15) is 30.2 Å². The normalized spacial score (nSPS) is 12.4. The third-order valence-electron chi connectivity index (χ3n) is 2.52. The van der Waals surface area contributed by atoms with E-state index in [0.717, 1.165) is 17.1 Å². The Labute approximate surface area is 131 Å². The molecule has 0 N–H and O–H groups in total. The summed E-state index contributed by atoms with van der Waals surface area (Å²) in [6.45, 7) is 2.03. The van der Waals surface area contributed by atoms with Crippen LogP contribution in [0.2, 0.25) is 10.0 Å². The van der Waals surface area contributed by atoms with Gasteiger partial charge in [0.15, 0.2) is 0 Å². The fourth-order valence-electron chi connectivity index (χ4n) is 1.56. The summed E-state index contributed by atoms with van der Waals surface area (Å²) in [5.74, 6) is 0.980. The summed E-state index contributed by atoms with van der Waals surface area (Å²) in [6, 6.07) is 5.16. The number of benzene rings is 1. The van der Waals surface area contributed by atoms with E-state index in [1.54, 1.807) is 18.2 Å². The number of thiazole rings is 1. The Balaban J connectivity index is 2.21. The van der Waals surface area contributed by atoms with Gasteiger partial charge in [0.1, 0.15) is 16.9 Å². The van der Waals surface area contributed by atoms with Gasteiger partial charge >= 0.3 is 0 Å². The number of hydrogen-bond donors (Lipinski definition) is 0. The zero-order chi connectivity index (χ0) is 13.8. The van der Waals surface area contributed by atoms with E-state index in [-0.39, 0.29) is 6.10 Å². The van der Waals surface area contributed by atoms with E-state index in [2.05, 4.69) is 4.98 Å². The van der Waals surface area contributed by atoms with E-state index in [1.165, 1.54) is 11.3 Å². The Morgan fingerprint density at radius 3 is 2.79 bits per heavy atom. The minimum absolute atomic E-state index is 0.141. The van der Waals surface area contributed by atoms with E-state index in [0.29, 0.717) is 21.7 Å². The van der Waals surface area contributed by atoms with Gasteiger partial charge in [0.2, 0.25) is 0 Å². The Morgan fingerprint density at radius 2 is 2.16 bits per heavy atom. The summed E-state index contributed by atoms with van der Waals surface area (Å²) in [5, 5.41) is 3.97. The van der Waals surface area contributed by atoms with Gasteiger partial charge in [-0.05, 0) is 18.6 Å². The van der Waals surface area contributed by atoms with Gasteiger partial charge in [-0.3, -0.25) is 0 Å². The van der Waals surface area contributed by atoms with Crippen molar-refractivity contribution < 1.29 is 4.74 Å². The lowest BCUT2D eigenvalue weighted by Gasteiger charge is -2.16. The summed E-state index contributed by atoms with van der Waals surface area (Å²) in [6.07, 6.45) is 0.649. The molecule has 0 spiro atoms. The SMILES string of the molecule is CCC(Oc1cc(Cl)ccc1Cl)c1nc(CCl)cs1. The van der Waals surface area contributed by atoms with Gasteiger partial charge in [-0.2, -0.15) is 0 Å². The van der Waals surface area contributed by atoms with Crippen LogP contribution in [0.4, 0.5) is 0 Å². The fraction of sp³-hybridized carbons (Fsp3) is 0.308. The zero-order valence-corrected chi connectivity index (χ0v) is 13.3. The van der Waals surface area contributed by atoms with Gasteiger partial charge in [0.25, 0.3) is 0 Å². The average Bonchev–Trinajstić information content (AvgIpc) is 2.88. The van der Waals surface area contributed by atoms with E-state index < -0.39 is 0 Å². The van der Waals surface area contributed by atoms with Crippen LogP contribution in [0, 0.1) is 0 Å². The molecule has 1 heterocycles. The predicted molar refractivity (Wildman–Crippen MR) is 81.8 cm³/mol. The number of hydrogen-bond acceptors (Lipinski definition) is 3. The summed E-state index contributed by atoms with van der Waals surface area (Å²) in [5.41, 5.74) is 0.862. The third kappa shape index (κ3) is 3.76. The number of rotatable bonds is 5. The minimum atomic E-state index is -0.141. The molecule has 2 rings (SSSR count). The summed E-state index contributed by atoms with van der Waals surface area (Å²) >= 11 is 19.3. The highest BCUT2D eigenvalue weighted by molar-refractivity contribution is 7.09. The van der Waals surface area contributed by atoms with E-state index in [4.69, 9.17) is 39.5 Å². The molecule has 102 valence electrons. The summed E-state index contributed by atoms with van der Waals surface area (Å²) in [7, 11) is 0. The lowest BCUT2D eigenvalue weighted by molar-refractivity contribution is 0.201. The molecule has 1 atom stereocenters. The largest absolute Gasteiger partial charge is 0.482 e. The number of ether oxygens (including phenoxy) is 1. The molecule has 0 aliphatic rings. The average molecular weight is 337 g/mol. The molecule has 2 nitrogen and oxygen atoms in total. The molecular formula is C13H12Cl3NOS. The van der Waals surface area contributed by atoms with Crippen LogP contribution in [0.3, 0.4) is 0 Å². The van der Waals surface area contributed by atoms with Crippen molar-refractivity contribution in [3.8, 4) is 5.75 Å². The molecule has 0 bridgehead atoms. The third-order valence-corrected chi connectivity index (χ3v) is 4.32. The highest BCUT2D eigenvalue weighted by Crippen LogP contribution is 2.33. The van der Waals surface area contributed by atoms with Crippen LogP contribution in [0.15, 0.2) is 23.6 Å². The molecule has 0 aliphatic heterocycles. The maximum atomic E-state index is 6.10. The van der Waals surface area contributed by atoms with Crippen LogP contribution in [-0.2, 0) is 5.88 Å². The smallest absolute Gasteiger partial charge is 0.150 e. The minimum Gasteiger partial charge on any atom is -0.482 e. The van der Waals surface area contributed by atoms with Crippen molar-refractivity contribution in [3.05, 3.63) is 44.3 Å². The molecule has 1 unspecified atom stereocenters. The van der Waals surface area contributed by atoms with Crippen LogP contribution >= 0.6 is 46.1 Å². The van der Waals surface area contributed by atoms with Crippen molar-refractivity contribution in [2.75, 3.05) is 0 Å². The first-order chi connectivity index (χ1) is 9.13. The van der Waals surface area contributed by atoms with Gasteiger partial charge in [-0.1, -0.05) is 30.1 Å². The number of aromatic nitrogens is 1. The molecule has 6 heteroatoms. The molecule has 0 radical (unpaired) electrons. The van der Waals surface area contributed by atoms with Crippen LogP contribution < -0.4 is 4.74 Å². The standard InChI is InChI=1S/C13H12Cl3NOS/c1-2-11(13-17-9(6-14)7-19-13)18-12-5-8(15)3-4-10(12)16/h3-5,7,11H,2,6H2,1H3. The first kappa shape index (κ1) is 14.9. The highest BCUT2D eigenvalue weighted by Gasteiger charge is 2.17. The maximum absolute atomic E-state index is 6.10.